The number of carbonyl (C=O) groups is 1. The van der Waals surface area contributed by atoms with E-state index in [0.717, 1.165) is 19.4 Å². The van der Waals surface area contributed by atoms with Crippen molar-refractivity contribution < 1.29 is 4.79 Å². The number of hydrogen-bond acceptors (Lipinski definition) is 3. The summed E-state index contributed by atoms with van der Waals surface area (Å²) in [5.41, 5.74) is 0. The molecule has 1 atom stereocenters. The van der Waals surface area contributed by atoms with Crippen LogP contribution >= 0.6 is 0 Å². The summed E-state index contributed by atoms with van der Waals surface area (Å²) in [6, 6.07) is 0.108. The Morgan fingerprint density at radius 1 is 1.14 bits per heavy atom. The summed E-state index contributed by atoms with van der Waals surface area (Å²) in [6.07, 6.45) is 3.28. The lowest BCUT2D eigenvalue weighted by atomic mass is 10.1. The fourth-order valence-electron chi connectivity index (χ4n) is 1.59. The molecule has 0 saturated carbocycles. The Balaban J connectivity index is 3.67. The molecule has 0 fully saturated rings. The molecule has 0 bridgehead atoms. The van der Waals surface area contributed by atoms with Crippen molar-refractivity contribution in [1.82, 2.24) is 9.80 Å². The molecule has 3 heteroatoms. The van der Waals surface area contributed by atoms with Gasteiger partial charge >= 0.3 is 0 Å². The Bertz CT molecular complexity index is 167. The Kier molecular flexibility index (Phi) is 6.75. The molecule has 0 aliphatic carbocycles. The molecule has 0 aromatic heterocycles. The van der Waals surface area contributed by atoms with Crippen LogP contribution in [0.2, 0.25) is 0 Å². The minimum atomic E-state index is 0.108. The summed E-state index contributed by atoms with van der Waals surface area (Å²) in [5.74, 6) is 0.278. The number of carbonyl (C=O) groups excluding carboxylic acids is 1. The topological polar surface area (TPSA) is 23.6 Å². The van der Waals surface area contributed by atoms with Crippen LogP contribution in [-0.2, 0) is 4.79 Å². The van der Waals surface area contributed by atoms with Gasteiger partial charge < -0.3 is 4.90 Å². The van der Waals surface area contributed by atoms with E-state index in [0.29, 0.717) is 0 Å². The average Bonchev–Trinajstić information content (AvgIpc) is 2.01. The Morgan fingerprint density at radius 3 is 2.07 bits per heavy atom. The maximum absolute atomic E-state index is 11.3. The second-order valence-electron chi connectivity index (χ2n) is 4.39. The van der Waals surface area contributed by atoms with Crippen molar-refractivity contribution in [2.24, 2.45) is 0 Å². The van der Waals surface area contributed by atoms with Gasteiger partial charge in [0.25, 0.3) is 0 Å². The second-order valence-corrected chi connectivity index (χ2v) is 4.39. The fraction of sp³-hybridized carbons (Fsp3) is 0.909. The van der Waals surface area contributed by atoms with E-state index in [1.54, 1.807) is 6.92 Å². The van der Waals surface area contributed by atoms with E-state index in [9.17, 15) is 4.79 Å². The highest BCUT2D eigenvalue weighted by molar-refractivity contribution is 5.81. The fourth-order valence-corrected chi connectivity index (χ4v) is 1.59. The summed E-state index contributed by atoms with van der Waals surface area (Å²) in [7, 11) is 8.10. The minimum Gasteiger partial charge on any atom is -0.309 e. The first-order valence-corrected chi connectivity index (χ1v) is 5.26. The first-order valence-electron chi connectivity index (χ1n) is 5.26. The zero-order valence-corrected chi connectivity index (χ0v) is 10.2. The zero-order valence-electron chi connectivity index (χ0n) is 10.2. The van der Waals surface area contributed by atoms with Crippen LogP contribution < -0.4 is 0 Å². The van der Waals surface area contributed by atoms with E-state index >= 15 is 0 Å². The third kappa shape index (κ3) is 6.11. The molecule has 0 radical (unpaired) electrons. The molecule has 0 aliphatic rings. The number of likely N-dealkylation sites (N-methyl/N-ethyl adjacent to an activating group) is 1. The number of hydrogen-bond donors (Lipinski definition) is 0. The predicted octanol–water partition coefficient (Wildman–Crippen LogP) is 1.24. The third-order valence-corrected chi connectivity index (χ3v) is 2.43. The largest absolute Gasteiger partial charge is 0.309 e. The molecular formula is C11H24N2O. The van der Waals surface area contributed by atoms with Gasteiger partial charge in [0.1, 0.15) is 5.78 Å². The molecular weight excluding hydrogens is 176 g/mol. The highest BCUT2D eigenvalue weighted by Gasteiger charge is 2.15. The van der Waals surface area contributed by atoms with Crippen molar-refractivity contribution >= 4 is 5.78 Å². The van der Waals surface area contributed by atoms with Crippen LogP contribution in [0.3, 0.4) is 0 Å². The zero-order chi connectivity index (χ0) is 11.1. The van der Waals surface area contributed by atoms with Gasteiger partial charge in [0, 0.05) is 0 Å². The van der Waals surface area contributed by atoms with Gasteiger partial charge in [0.15, 0.2) is 0 Å². The standard InChI is InChI=1S/C11H24N2O/c1-10(14)11(13(4)5)8-6-7-9-12(2)3/h11H,6-9H2,1-5H3. The van der Waals surface area contributed by atoms with E-state index in [1.165, 1.54) is 6.42 Å². The molecule has 0 spiro atoms. The summed E-state index contributed by atoms with van der Waals surface area (Å²) in [4.78, 5) is 15.5. The molecule has 0 heterocycles. The smallest absolute Gasteiger partial charge is 0.146 e. The molecule has 0 rings (SSSR count). The maximum Gasteiger partial charge on any atom is 0.146 e. The molecule has 0 N–H and O–H groups in total. The molecule has 0 amide bonds. The molecule has 0 aromatic carbocycles. The molecule has 0 saturated heterocycles. The van der Waals surface area contributed by atoms with Crippen LogP contribution in [0.5, 0.6) is 0 Å². The predicted molar refractivity (Wildman–Crippen MR) is 60.6 cm³/mol. The highest BCUT2D eigenvalue weighted by Crippen LogP contribution is 2.07. The van der Waals surface area contributed by atoms with Gasteiger partial charge in [-0.15, -0.1) is 0 Å². The minimum absolute atomic E-state index is 0.108. The van der Waals surface area contributed by atoms with Crippen LogP contribution in [-0.4, -0.2) is 56.4 Å². The van der Waals surface area contributed by atoms with E-state index in [4.69, 9.17) is 0 Å². The van der Waals surface area contributed by atoms with E-state index < -0.39 is 0 Å². The number of rotatable bonds is 7. The van der Waals surface area contributed by atoms with Crippen molar-refractivity contribution in [1.29, 1.82) is 0 Å². The van der Waals surface area contributed by atoms with Gasteiger partial charge in [-0.2, -0.15) is 0 Å². The normalized spacial score (nSPS) is 13.6. The summed E-state index contributed by atoms with van der Waals surface area (Å²) >= 11 is 0. The number of ketones is 1. The lowest BCUT2D eigenvalue weighted by Crippen LogP contribution is -2.34. The quantitative estimate of drug-likeness (QED) is 0.578. The number of Topliss-reactive ketones (excluding diaryl/α,β-unsaturated/α-hetero) is 1. The van der Waals surface area contributed by atoms with Crippen molar-refractivity contribution in [3.8, 4) is 0 Å². The Morgan fingerprint density at radius 2 is 1.71 bits per heavy atom. The summed E-state index contributed by atoms with van der Waals surface area (Å²) in [5, 5.41) is 0. The van der Waals surface area contributed by atoms with Crippen LogP contribution in [0.25, 0.3) is 0 Å². The monoisotopic (exact) mass is 200 g/mol. The molecule has 0 aliphatic heterocycles. The highest BCUT2D eigenvalue weighted by atomic mass is 16.1. The molecule has 84 valence electrons. The molecule has 14 heavy (non-hydrogen) atoms. The molecule has 0 aromatic rings. The van der Waals surface area contributed by atoms with Crippen LogP contribution in [0.15, 0.2) is 0 Å². The molecule has 1 unspecified atom stereocenters. The van der Waals surface area contributed by atoms with Crippen molar-refractivity contribution in [2.75, 3.05) is 34.7 Å². The van der Waals surface area contributed by atoms with Crippen molar-refractivity contribution in [2.45, 2.75) is 32.2 Å². The number of nitrogens with zero attached hydrogens (tertiary/aromatic N) is 2. The third-order valence-electron chi connectivity index (χ3n) is 2.43. The Labute approximate surface area is 88.1 Å². The number of unbranched alkanes of at least 4 members (excludes halogenated alkanes) is 1. The van der Waals surface area contributed by atoms with Gasteiger partial charge in [-0.05, 0) is 54.5 Å². The van der Waals surface area contributed by atoms with Crippen molar-refractivity contribution in [3.63, 3.8) is 0 Å². The first-order chi connectivity index (χ1) is 6.45. The van der Waals surface area contributed by atoms with Gasteiger partial charge in [-0.1, -0.05) is 6.42 Å². The second kappa shape index (κ2) is 6.96. The summed E-state index contributed by atoms with van der Waals surface area (Å²) in [6.45, 7) is 2.79. The van der Waals surface area contributed by atoms with Crippen LogP contribution in [0.1, 0.15) is 26.2 Å². The van der Waals surface area contributed by atoms with Gasteiger partial charge in [-0.25, -0.2) is 0 Å². The van der Waals surface area contributed by atoms with Crippen molar-refractivity contribution in [3.05, 3.63) is 0 Å². The molecule has 3 nitrogen and oxygen atoms in total. The lowest BCUT2D eigenvalue weighted by Gasteiger charge is -2.21. The van der Waals surface area contributed by atoms with Gasteiger partial charge in [0.05, 0.1) is 6.04 Å². The van der Waals surface area contributed by atoms with E-state index in [2.05, 4.69) is 19.0 Å². The van der Waals surface area contributed by atoms with E-state index in [1.807, 2.05) is 19.0 Å². The van der Waals surface area contributed by atoms with Gasteiger partial charge in [0.2, 0.25) is 0 Å². The van der Waals surface area contributed by atoms with Crippen LogP contribution in [0.4, 0.5) is 0 Å². The lowest BCUT2D eigenvalue weighted by molar-refractivity contribution is -0.121. The van der Waals surface area contributed by atoms with E-state index in [-0.39, 0.29) is 11.8 Å². The first kappa shape index (κ1) is 13.6. The summed E-state index contributed by atoms with van der Waals surface area (Å²) < 4.78 is 0. The SMILES string of the molecule is CC(=O)C(CCCCN(C)C)N(C)C. The maximum atomic E-state index is 11.3. The van der Waals surface area contributed by atoms with Gasteiger partial charge in [-0.3, -0.25) is 9.69 Å². The Hall–Kier alpha value is -0.410. The van der Waals surface area contributed by atoms with Crippen LogP contribution in [0, 0.1) is 0 Å². The average molecular weight is 200 g/mol.